The van der Waals surface area contributed by atoms with Gasteiger partial charge in [0.25, 0.3) is 0 Å². The van der Waals surface area contributed by atoms with Gasteiger partial charge in [0, 0.05) is 5.56 Å². The minimum absolute atomic E-state index is 0.0258. The summed E-state index contributed by atoms with van der Waals surface area (Å²) in [5.74, 6) is 1.51. The molecule has 0 amide bonds. The third kappa shape index (κ3) is 2.83. The van der Waals surface area contributed by atoms with Gasteiger partial charge in [-0.05, 0) is 28.4 Å². The van der Waals surface area contributed by atoms with E-state index in [1.54, 1.807) is 14.2 Å². The summed E-state index contributed by atoms with van der Waals surface area (Å²) in [4.78, 5) is 0. The van der Waals surface area contributed by atoms with Crippen LogP contribution in [0.2, 0.25) is 0 Å². The first-order valence-electron chi connectivity index (χ1n) is 5.20. The summed E-state index contributed by atoms with van der Waals surface area (Å²) in [6, 6.07) is 3.85. The molecule has 90 valence electrons. The van der Waals surface area contributed by atoms with Crippen LogP contribution in [0.15, 0.2) is 16.6 Å². The van der Waals surface area contributed by atoms with Crippen molar-refractivity contribution in [1.29, 1.82) is 0 Å². The predicted molar refractivity (Wildman–Crippen MR) is 70.7 cm³/mol. The van der Waals surface area contributed by atoms with E-state index in [0.717, 1.165) is 34.4 Å². The summed E-state index contributed by atoms with van der Waals surface area (Å²) in [5, 5.41) is -0.0258. The average Bonchev–Trinajstić information content (AvgIpc) is 2.28. The van der Waals surface area contributed by atoms with Crippen molar-refractivity contribution < 1.29 is 9.47 Å². The molecule has 0 N–H and O–H groups in total. The SMILES string of the molecule is CCCC(Cl)c1ccc(OC)c(Br)c1OC. The van der Waals surface area contributed by atoms with Crippen molar-refractivity contribution in [3.8, 4) is 11.5 Å². The maximum absolute atomic E-state index is 6.32. The third-order valence-electron chi connectivity index (χ3n) is 2.40. The zero-order valence-electron chi connectivity index (χ0n) is 9.72. The lowest BCUT2D eigenvalue weighted by atomic mass is 10.1. The number of methoxy groups -OCH3 is 2. The molecule has 0 aliphatic heterocycles. The van der Waals surface area contributed by atoms with Gasteiger partial charge in [-0.25, -0.2) is 0 Å². The maximum Gasteiger partial charge on any atom is 0.141 e. The van der Waals surface area contributed by atoms with E-state index in [2.05, 4.69) is 22.9 Å². The summed E-state index contributed by atoms with van der Waals surface area (Å²) in [7, 11) is 3.27. The maximum atomic E-state index is 6.32. The molecule has 0 saturated carbocycles. The lowest BCUT2D eigenvalue weighted by Gasteiger charge is -2.16. The van der Waals surface area contributed by atoms with E-state index in [1.165, 1.54) is 0 Å². The molecule has 16 heavy (non-hydrogen) atoms. The molecule has 1 aromatic carbocycles. The topological polar surface area (TPSA) is 18.5 Å². The molecule has 1 unspecified atom stereocenters. The van der Waals surface area contributed by atoms with Crippen LogP contribution >= 0.6 is 27.5 Å². The number of halogens is 2. The number of benzene rings is 1. The Bertz CT molecular complexity index is 355. The monoisotopic (exact) mass is 306 g/mol. The highest BCUT2D eigenvalue weighted by atomic mass is 79.9. The van der Waals surface area contributed by atoms with E-state index in [1.807, 2.05) is 12.1 Å². The van der Waals surface area contributed by atoms with Gasteiger partial charge in [-0.3, -0.25) is 0 Å². The fraction of sp³-hybridized carbons (Fsp3) is 0.500. The first-order valence-corrected chi connectivity index (χ1v) is 6.43. The minimum atomic E-state index is -0.0258. The van der Waals surface area contributed by atoms with Crippen LogP contribution in [-0.2, 0) is 0 Å². The predicted octanol–water partition coefficient (Wildman–Crippen LogP) is 4.55. The van der Waals surface area contributed by atoms with Crippen molar-refractivity contribution in [3.05, 3.63) is 22.2 Å². The van der Waals surface area contributed by atoms with Crippen LogP contribution in [-0.4, -0.2) is 14.2 Å². The largest absolute Gasteiger partial charge is 0.495 e. The van der Waals surface area contributed by atoms with Gasteiger partial charge in [-0.15, -0.1) is 11.6 Å². The molecular weight excluding hydrogens is 291 g/mol. The molecule has 0 saturated heterocycles. The Kier molecular flexibility index (Phi) is 5.42. The van der Waals surface area contributed by atoms with Crippen LogP contribution in [0.25, 0.3) is 0 Å². The number of alkyl halides is 1. The highest BCUT2D eigenvalue weighted by Gasteiger charge is 2.17. The van der Waals surface area contributed by atoms with E-state index >= 15 is 0 Å². The fourth-order valence-electron chi connectivity index (χ4n) is 1.57. The van der Waals surface area contributed by atoms with Crippen molar-refractivity contribution in [2.24, 2.45) is 0 Å². The Hall–Kier alpha value is -0.410. The molecule has 0 aromatic heterocycles. The highest BCUT2D eigenvalue weighted by molar-refractivity contribution is 9.10. The molecule has 1 rings (SSSR count). The first kappa shape index (κ1) is 13.7. The number of ether oxygens (including phenoxy) is 2. The zero-order valence-corrected chi connectivity index (χ0v) is 12.1. The van der Waals surface area contributed by atoms with Gasteiger partial charge in [0.1, 0.15) is 16.0 Å². The van der Waals surface area contributed by atoms with Crippen molar-refractivity contribution >= 4 is 27.5 Å². The summed E-state index contributed by atoms with van der Waals surface area (Å²) < 4.78 is 11.4. The first-order chi connectivity index (χ1) is 7.65. The van der Waals surface area contributed by atoms with Crippen LogP contribution in [0.3, 0.4) is 0 Å². The van der Waals surface area contributed by atoms with Gasteiger partial charge in [0.15, 0.2) is 0 Å². The second-order valence-corrected chi connectivity index (χ2v) is 4.78. The summed E-state index contributed by atoms with van der Waals surface area (Å²) >= 11 is 9.78. The lowest BCUT2D eigenvalue weighted by molar-refractivity contribution is 0.385. The fourth-order valence-corrected chi connectivity index (χ4v) is 2.65. The Morgan fingerprint density at radius 2 is 2.00 bits per heavy atom. The van der Waals surface area contributed by atoms with E-state index < -0.39 is 0 Å². The number of hydrogen-bond donors (Lipinski definition) is 0. The molecule has 0 fully saturated rings. The molecule has 2 nitrogen and oxygen atoms in total. The lowest BCUT2D eigenvalue weighted by Crippen LogP contribution is -1.98. The number of hydrogen-bond acceptors (Lipinski definition) is 2. The molecule has 0 aliphatic carbocycles. The second-order valence-electron chi connectivity index (χ2n) is 3.46. The Labute approximate surface area is 110 Å². The Morgan fingerprint density at radius 1 is 1.31 bits per heavy atom. The van der Waals surface area contributed by atoms with Crippen LogP contribution in [0.4, 0.5) is 0 Å². The van der Waals surface area contributed by atoms with E-state index in [9.17, 15) is 0 Å². The van der Waals surface area contributed by atoms with E-state index in [-0.39, 0.29) is 5.38 Å². The van der Waals surface area contributed by atoms with E-state index in [4.69, 9.17) is 21.1 Å². The molecule has 0 heterocycles. The van der Waals surface area contributed by atoms with Crippen molar-refractivity contribution in [3.63, 3.8) is 0 Å². The molecule has 1 aromatic rings. The van der Waals surface area contributed by atoms with Gasteiger partial charge in [0.2, 0.25) is 0 Å². The van der Waals surface area contributed by atoms with E-state index in [0.29, 0.717) is 0 Å². The summed E-state index contributed by atoms with van der Waals surface area (Å²) in [6.45, 7) is 2.11. The normalized spacial score (nSPS) is 12.3. The molecule has 4 heteroatoms. The minimum Gasteiger partial charge on any atom is -0.495 e. The van der Waals surface area contributed by atoms with Crippen LogP contribution in [0, 0.1) is 0 Å². The number of rotatable bonds is 5. The van der Waals surface area contributed by atoms with Gasteiger partial charge < -0.3 is 9.47 Å². The van der Waals surface area contributed by atoms with Gasteiger partial charge in [-0.2, -0.15) is 0 Å². The smallest absolute Gasteiger partial charge is 0.141 e. The molecule has 0 spiro atoms. The van der Waals surface area contributed by atoms with Crippen molar-refractivity contribution in [2.75, 3.05) is 14.2 Å². The van der Waals surface area contributed by atoms with Crippen LogP contribution < -0.4 is 9.47 Å². The quantitative estimate of drug-likeness (QED) is 0.743. The third-order valence-corrected chi connectivity index (χ3v) is 3.60. The standard InChI is InChI=1S/C12H16BrClO2/c1-4-5-9(14)8-6-7-10(15-2)11(13)12(8)16-3/h6-7,9H,4-5H2,1-3H3. The molecular formula is C12H16BrClO2. The summed E-state index contributed by atoms with van der Waals surface area (Å²) in [5.41, 5.74) is 0.999. The van der Waals surface area contributed by atoms with Crippen molar-refractivity contribution in [2.45, 2.75) is 25.1 Å². The van der Waals surface area contributed by atoms with Crippen LogP contribution in [0.5, 0.6) is 11.5 Å². The second kappa shape index (κ2) is 6.36. The van der Waals surface area contributed by atoms with Gasteiger partial charge in [0.05, 0.1) is 19.6 Å². The average molecular weight is 308 g/mol. The molecule has 1 atom stereocenters. The van der Waals surface area contributed by atoms with Crippen LogP contribution in [0.1, 0.15) is 30.7 Å². The Balaban J connectivity index is 3.14. The highest BCUT2D eigenvalue weighted by Crippen LogP contribution is 2.42. The van der Waals surface area contributed by atoms with Gasteiger partial charge >= 0.3 is 0 Å². The molecule has 0 aliphatic rings. The Morgan fingerprint density at radius 3 is 2.50 bits per heavy atom. The summed E-state index contributed by atoms with van der Waals surface area (Å²) in [6.07, 6.45) is 1.97. The zero-order chi connectivity index (χ0) is 12.1. The molecule has 0 bridgehead atoms. The van der Waals surface area contributed by atoms with Gasteiger partial charge in [-0.1, -0.05) is 19.4 Å². The molecule has 0 radical (unpaired) electrons. The van der Waals surface area contributed by atoms with Crippen molar-refractivity contribution in [1.82, 2.24) is 0 Å².